The van der Waals surface area contributed by atoms with Gasteiger partial charge in [0.25, 0.3) is 0 Å². The lowest BCUT2D eigenvalue weighted by Gasteiger charge is -2.17. The third-order valence-corrected chi connectivity index (χ3v) is 3.52. The second-order valence-electron chi connectivity index (χ2n) is 4.38. The molecule has 0 spiro atoms. The molecule has 3 nitrogen and oxygen atoms in total. The number of ether oxygens (including phenoxy) is 2. The molecule has 0 radical (unpaired) electrons. The summed E-state index contributed by atoms with van der Waals surface area (Å²) in [5, 5.41) is 9.68. The van der Waals surface area contributed by atoms with Gasteiger partial charge in [-0.1, -0.05) is 20.3 Å². The van der Waals surface area contributed by atoms with Crippen LogP contribution < -0.4 is 0 Å². The molecular weight excluding hydrogens is 180 g/mol. The van der Waals surface area contributed by atoms with Crippen molar-refractivity contribution in [3.63, 3.8) is 0 Å². The van der Waals surface area contributed by atoms with Gasteiger partial charge in [0.2, 0.25) is 0 Å². The van der Waals surface area contributed by atoms with E-state index in [1.165, 1.54) is 0 Å². The third-order valence-electron chi connectivity index (χ3n) is 3.52. The van der Waals surface area contributed by atoms with Crippen LogP contribution in [0.25, 0.3) is 0 Å². The molecule has 0 aliphatic carbocycles. The van der Waals surface area contributed by atoms with Crippen LogP contribution in [0.5, 0.6) is 0 Å². The van der Waals surface area contributed by atoms with Crippen LogP contribution in [-0.2, 0) is 9.47 Å². The predicted molar refractivity (Wildman–Crippen MR) is 52.8 cm³/mol. The first-order chi connectivity index (χ1) is 6.77. The van der Waals surface area contributed by atoms with E-state index in [-0.39, 0.29) is 12.0 Å². The Balaban J connectivity index is 2.06. The van der Waals surface area contributed by atoms with Crippen molar-refractivity contribution >= 4 is 0 Å². The molecule has 82 valence electrons. The largest absolute Gasteiger partial charge is 0.374 e. The smallest absolute Gasteiger partial charge is 0.160 e. The second-order valence-corrected chi connectivity index (χ2v) is 4.38. The average molecular weight is 200 g/mol. The van der Waals surface area contributed by atoms with Crippen molar-refractivity contribution < 1.29 is 14.6 Å². The van der Waals surface area contributed by atoms with Crippen molar-refractivity contribution in [3.8, 4) is 0 Å². The van der Waals surface area contributed by atoms with E-state index in [4.69, 9.17) is 9.47 Å². The fourth-order valence-corrected chi connectivity index (χ4v) is 2.81. The summed E-state index contributed by atoms with van der Waals surface area (Å²) in [6, 6.07) is 0. The zero-order chi connectivity index (χ0) is 10.1. The van der Waals surface area contributed by atoms with E-state index in [9.17, 15) is 5.11 Å². The van der Waals surface area contributed by atoms with E-state index in [2.05, 4.69) is 13.8 Å². The quantitative estimate of drug-likeness (QED) is 0.751. The molecule has 5 unspecified atom stereocenters. The molecule has 0 aromatic rings. The number of hydrogen-bond acceptors (Lipinski definition) is 3. The molecule has 0 bridgehead atoms. The molecule has 2 saturated heterocycles. The lowest BCUT2D eigenvalue weighted by molar-refractivity contribution is -0.115. The fourth-order valence-electron chi connectivity index (χ4n) is 2.81. The molecule has 2 rings (SSSR count). The SMILES string of the molecule is CCCC1OC(CC)C2C(O)OCC12. The molecule has 0 aromatic heterocycles. The summed E-state index contributed by atoms with van der Waals surface area (Å²) in [6.45, 7) is 4.96. The summed E-state index contributed by atoms with van der Waals surface area (Å²) >= 11 is 0. The highest BCUT2D eigenvalue weighted by Crippen LogP contribution is 2.42. The van der Waals surface area contributed by atoms with E-state index in [1.54, 1.807) is 0 Å². The summed E-state index contributed by atoms with van der Waals surface area (Å²) in [5.41, 5.74) is 0. The van der Waals surface area contributed by atoms with Gasteiger partial charge < -0.3 is 14.6 Å². The van der Waals surface area contributed by atoms with Crippen molar-refractivity contribution in [2.45, 2.75) is 51.6 Å². The van der Waals surface area contributed by atoms with Gasteiger partial charge in [0, 0.05) is 11.8 Å². The highest BCUT2D eigenvalue weighted by atomic mass is 16.6. The van der Waals surface area contributed by atoms with Gasteiger partial charge in [0.15, 0.2) is 6.29 Å². The number of fused-ring (bicyclic) bond motifs is 1. The maximum absolute atomic E-state index is 9.68. The maximum atomic E-state index is 9.68. The molecule has 0 aromatic carbocycles. The molecule has 2 heterocycles. The number of rotatable bonds is 3. The van der Waals surface area contributed by atoms with E-state index >= 15 is 0 Å². The molecule has 2 fully saturated rings. The lowest BCUT2D eigenvalue weighted by atomic mass is 9.87. The minimum atomic E-state index is -0.591. The summed E-state index contributed by atoms with van der Waals surface area (Å²) in [6.07, 6.45) is 3.13. The molecule has 0 saturated carbocycles. The van der Waals surface area contributed by atoms with Gasteiger partial charge in [0.05, 0.1) is 18.8 Å². The fraction of sp³-hybridized carbons (Fsp3) is 1.00. The van der Waals surface area contributed by atoms with E-state index in [1.807, 2.05) is 0 Å². The Morgan fingerprint density at radius 2 is 2.07 bits per heavy atom. The summed E-state index contributed by atoms with van der Waals surface area (Å²) < 4.78 is 11.3. The van der Waals surface area contributed by atoms with Crippen LogP contribution in [0, 0.1) is 11.8 Å². The van der Waals surface area contributed by atoms with Crippen LogP contribution in [0.3, 0.4) is 0 Å². The van der Waals surface area contributed by atoms with Crippen molar-refractivity contribution in [3.05, 3.63) is 0 Å². The molecule has 5 atom stereocenters. The van der Waals surface area contributed by atoms with Gasteiger partial charge in [-0.2, -0.15) is 0 Å². The van der Waals surface area contributed by atoms with Gasteiger partial charge in [0.1, 0.15) is 0 Å². The Bertz CT molecular complexity index is 195. The molecule has 2 aliphatic rings. The van der Waals surface area contributed by atoms with Crippen molar-refractivity contribution in [1.29, 1.82) is 0 Å². The first-order valence-electron chi connectivity index (χ1n) is 5.73. The van der Waals surface area contributed by atoms with Gasteiger partial charge in [-0.3, -0.25) is 0 Å². The summed E-state index contributed by atoms with van der Waals surface area (Å²) in [4.78, 5) is 0. The zero-order valence-corrected chi connectivity index (χ0v) is 8.98. The Kier molecular flexibility index (Phi) is 3.10. The topological polar surface area (TPSA) is 38.7 Å². The summed E-state index contributed by atoms with van der Waals surface area (Å²) in [7, 11) is 0. The Labute approximate surface area is 85.4 Å². The van der Waals surface area contributed by atoms with Crippen LogP contribution in [-0.4, -0.2) is 30.2 Å². The first-order valence-corrected chi connectivity index (χ1v) is 5.73. The van der Waals surface area contributed by atoms with Gasteiger partial charge in [-0.05, 0) is 12.8 Å². The summed E-state index contributed by atoms with van der Waals surface area (Å²) in [5.74, 6) is 0.645. The predicted octanol–water partition coefficient (Wildman–Crippen LogP) is 1.54. The molecule has 14 heavy (non-hydrogen) atoms. The molecule has 3 heteroatoms. The van der Waals surface area contributed by atoms with E-state index in [0.29, 0.717) is 18.6 Å². The Morgan fingerprint density at radius 1 is 1.29 bits per heavy atom. The second kappa shape index (κ2) is 4.17. The molecular formula is C11H20O3. The minimum absolute atomic E-state index is 0.203. The van der Waals surface area contributed by atoms with Crippen molar-refractivity contribution in [1.82, 2.24) is 0 Å². The minimum Gasteiger partial charge on any atom is -0.374 e. The van der Waals surface area contributed by atoms with E-state index in [0.717, 1.165) is 19.3 Å². The number of aliphatic hydroxyl groups is 1. The standard InChI is InChI=1S/C11H20O3/c1-3-5-9-7-6-13-11(12)10(7)8(4-2)14-9/h7-12H,3-6H2,1-2H3. The number of hydrogen-bond donors (Lipinski definition) is 1. The van der Waals surface area contributed by atoms with Gasteiger partial charge >= 0.3 is 0 Å². The maximum Gasteiger partial charge on any atom is 0.160 e. The highest BCUT2D eigenvalue weighted by Gasteiger charge is 2.50. The van der Waals surface area contributed by atoms with Crippen LogP contribution >= 0.6 is 0 Å². The molecule has 2 aliphatic heterocycles. The van der Waals surface area contributed by atoms with Crippen LogP contribution in [0.4, 0.5) is 0 Å². The van der Waals surface area contributed by atoms with Crippen LogP contribution in [0.15, 0.2) is 0 Å². The average Bonchev–Trinajstić information content (AvgIpc) is 2.70. The number of aliphatic hydroxyl groups excluding tert-OH is 1. The monoisotopic (exact) mass is 200 g/mol. The normalized spacial score (nSPS) is 46.9. The van der Waals surface area contributed by atoms with Crippen LogP contribution in [0.1, 0.15) is 33.1 Å². The molecule has 0 amide bonds. The lowest BCUT2D eigenvalue weighted by Crippen LogP contribution is -2.26. The zero-order valence-electron chi connectivity index (χ0n) is 8.98. The highest BCUT2D eigenvalue weighted by molar-refractivity contribution is 4.94. The molecule has 1 N–H and O–H groups in total. The Morgan fingerprint density at radius 3 is 2.71 bits per heavy atom. The van der Waals surface area contributed by atoms with Crippen molar-refractivity contribution in [2.24, 2.45) is 11.8 Å². The van der Waals surface area contributed by atoms with E-state index < -0.39 is 6.29 Å². The van der Waals surface area contributed by atoms with Crippen molar-refractivity contribution in [2.75, 3.05) is 6.61 Å². The van der Waals surface area contributed by atoms with Gasteiger partial charge in [-0.15, -0.1) is 0 Å². The third kappa shape index (κ3) is 1.58. The Hall–Kier alpha value is -0.120. The van der Waals surface area contributed by atoms with Gasteiger partial charge in [-0.25, -0.2) is 0 Å². The van der Waals surface area contributed by atoms with Crippen LogP contribution in [0.2, 0.25) is 0 Å². The first kappa shape index (κ1) is 10.4.